The minimum absolute atomic E-state index is 0.0596. The van der Waals surface area contributed by atoms with E-state index >= 15 is 0 Å². The quantitative estimate of drug-likeness (QED) is 0.476. The molecule has 106 valence electrons. The number of hydrogen-bond donors (Lipinski definition) is 1. The van der Waals surface area contributed by atoms with Gasteiger partial charge in [-0.15, -0.1) is 0 Å². The molecule has 2 aliphatic rings. The molecule has 2 rings (SSSR count). The Kier molecular flexibility index (Phi) is 4.91. The lowest BCUT2D eigenvalue weighted by atomic mass is 10.1. The summed E-state index contributed by atoms with van der Waals surface area (Å²) in [4.78, 5) is 17.8. The van der Waals surface area contributed by atoms with Crippen molar-refractivity contribution in [2.75, 3.05) is 13.2 Å². The van der Waals surface area contributed by atoms with Crippen LogP contribution in [0.4, 0.5) is 0 Å². The molecule has 2 aliphatic heterocycles. The van der Waals surface area contributed by atoms with E-state index in [1.54, 1.807) is 19.3 Å². The molecule has 6 nitrogen and oxygen atoms in total. The summed E-state index contributed by atoms with van der Waals surface area (Å²) in [5.74, 6) is -0.629. The Hall–Kier alpha value is -2.13. The maximum Gasteiger partial charge on any atom is 0.351 e. The summed E-state index contributed by atoms with van der Waals surface area (Å²) in [6, 6.07) is 1.86. The number of allylic oxidation sites excluding steroid dienone is 1. The summed E-state index contributed by atoms with van der Waals surface area (Å²) in [7, 11) is 0. The summed E-state index contributed by atoms with van der Waals surface area (Å²) in [5.41, 5.74) is 0.286. The number of aliphatic imine (C=N–C) groups is 1. The Balaban J connectivity index is 2.09. The molecule has 0 saturated carbocycles. The third kappa shape index (κ3) is 3.25. The lowest BCUT2D eigenvalue weighted by molar-refractivity contribution is -0.138. The lowest BCUT2D eigenvalue weighted by Gasteiger charge is -2.32. The highest BCUT2D eigenvalue weighted by atomic mass is 16.5. The van der Waals surface area contributed by atoms with Crippen molar-refractivity contribution in [3.63, 3.8) is 0 Å². The molecular formula is C14H18N4O2. The first-order chi connectivity index (χ1) is 9.76. The number of ether oxygens (including phenoxy) is 1. The third-order valence-corrected chi connectivity index (χ3v) is 3.23. The van der Waals surface area contributed by atoms with Gasteiger partial charge in [0.15, 0.2) is 5.57 Å². The van der Waals surface area contributed by atoms with Crippen LogP contribution in [0, 0.1) is 11.3 Å². The number of carbonyl (C=O) groups is 1. The molecule has 1 unspecified atom stereocenters. The van der Waals surface area contributed by atoms with E-state index in [0.29, 0.717) is 5.70 Å². The average Bonchev–Trinajstić information content (AvgIpc) is 2.50. The molecule has 0 bridgehead atoms. The molecule has 0 spiro atoms. The molecule has 0 amide bonds. The molecular weight excluding hydrogens is 256 g/mol. The summed E-state index contributed by atoms with van der Waals surface area (Å²) < 4.78 is 4.84. The van der Waals surface area contributed by atoms with Crippen LogP contribution in [0.3, 0.4) is 0 Å². The van der Waals surface area contributed by atoms with Crippen molar-refractivity contribution in [1.82, 2.24) is 10.2 Å². The van der Waals surface area contributed by atoms with Gasteiger partial charge in [-0.3, -0.25) is 5.32 Å². The summed E-state index contributed by atoms with van der Waals surface area (Å²) in [6.07, 6.45) is 8.82. The van der Waals surface area contributed by atoms with Gasteiger partial charge in [-0.1, -0.05) is 0 Å². The standard InChI is InChI=1S/C14H18N4O2/c1-2-20-14(19)11(9-15)12-6-8-18(10-17-12)13-5-3-4-7-16-13/h6,8,10,13,16H,2-5,7H2,1H3/b12-11-. The zero-order valence-corrected chi connectivity index (χ0v) is 11.5. The first kappa shape index (κ1) is 14.3. The van der Waals surface area contributed by atoms with E-state index in [2.05, 4.69) is 10.3 Å². The summed E-state index contributed by atoms with van der Waals surface area (Å²) >= 11 is 0. The van der Waals surface area contributed by atoms with Crippen LogP contribution in [0.1, 0.15) is 26.2 Å². The fourth-order valence-corrected chi connectivity index (χ4v) is 2.20. The number of nitrogens with one attached hydrogen (secondary N) is 1. The number of piperidine rings is 1. The molecule has 1 fully saturated rings. The normalized spacial score (nSPS) is 24.2. The van der Waals surface area contributed by atoms with Crippen LogP contribution < -0.4 is 5.32 Å². The minimum Gasteiger partial charge on any atom is -0.462 e. The van der Waals surface area contributed by atoms with Crippen LogP contribution in [0.5, 0.6) is 0 Å². The van der Waals surface area contributed by atoms with E-state index < -0.39 is 5.97 Å². The van der Waals surface area contributed by atoms with Crippen molar-refractivity contribution in [2.45, 2.75) is 32.4 Å². The van der Waals surface area contributed by atoms with Crippen LogP contribution in [0.25, 0.3) is 0 Å². The smallest absolute Gasteiger partial charge is 0.351 e. The molecule has 0 radical (unpaired) electrons. The van der Waals surface area contributed by atoms with Gasteiger partial charge in [-0.25, -0.2) is 9.79 Å². The number of hydrogen-bond acceptors (Lipinski definition) is 6. The summed E-state index contributed by atoms with van der Waals surface area (Å²) in [6.45, 7) is 2.94. The zero-order valence-electron chi connectivity index (χ0n) is 11.5. The van der Waals surface area contributed by atoms with Crippen LogP contribution in [-0.4, -0.2) is 36.5 Å². The van der Waals surface area contributed by atoms with Crippen molar-refractivity contribution < 1.29 is 9.53 Å². The van der Waals surface area contributed by atoms with E-state index in [1.165, 1.54) is 12.8 Å². The van der Waals surface area contributed by atoms with Crippen LogP contribution in [0.2, 0.25) is 0 Å². The molecule has 0 aromatic rings. The number of nitriles is 1. The van der Waals surface area contributed by atoms with Gasteiger partial charge in [0.2, 0.25) is 0 Å². The summed E-state index contributed by atoms with van der Waals surface area (Å²) in [5, 5.41) is 12.4. The van der Waals surface area contributed by atoms with E-state index in [-0.39, 0.29) is 18.3 Å². The van der Waals surface area contributed by atoms with Gasteiger partial charge < -0.3 is 9.64 Å². The topological polar surface area (TPSA) is 77.7 Å². The maximum absolute atomic E-state index is 11.6. The van der Waals surface area contributed by atoms with Crippen molar-refractivity contribution in [1.29, 1.82) is 5.26 Å². The Labute approximate surface area is 118 Å². The third-order valence-electron chi connectivity index (χ3n) is 3.23. The molecule has 0 aromatic carbocycles. The molecule has 6 heteroatoms. The molecule has 0 aromatic heterocycles. The van der Waals surface area contributed by atoms with Gasteiger partial charge in [0.25, 0.3) is 0 Å². The first-order valence-electron chi connectivity index (χ1n) is 6.81. The van der Waals surface area contributed by atoms with Crippen LogP contribution >= 0.6 is 0 Å². The number of esters is 1. The predicted octanol–water partition coefficient (Wildman–Crippen LogP) is 1.28. The largest absolute Gasteiger partial charge is 0.462 e. The second-order valence-electron chi connectivity index (χ2n) is 4.57. The highest BCUT2D eigenvalue weighted by Gasteiger charge is 2.20. The molecule has 0 aliphatic carbocycles. The van der Waals surface area contributed by atoms with Crippen molar-refractivity contribution >= 4 is 12.3 Å². The van der Waals surface area contributed by atoms with Gasteiger partial charge >= 0.3 is 5.97 Å². The second kappa shape index (κ2) is 6.87. The Morgan fingerprint density at radius 1 is 1.65 bits per heavy atom. The van der Waals surface area contributed by atoms with E-state index in [0.717, 1.165) is 13.0 Å². The Morgan fingerprint density at radius 3 is 3.05 bits per heavy atom. The zero-order chi connectivity index (χ0) is 14.4. The van der Waals surface area contributed by atoms with Gasteiger partial charge in [0.1, 0.15) is 6.07 Å². The molecule has 1 atom stereocenters. The molecule has 2 heterocycles. The Bertz CT molecular complexity index is 480. The number of nitrogens with zero attached hydrogens (tertiary/aromatic N) is 3. The van der Waals surface area contributed by atoms with Crippen molar-refractivity contribution in [3.8, 4) is 6.07 Å². The molecule has 1 N–H and O–H groups in total. The highest BCUT2D eigenvalue weighted by molar-refractivity contribution is 5.94. The van der Waals surface area contributed by atoms with E-state index in [1.807, 2.05) is 17.2 Å². The van der Waals surface area contributed by atoms with Crippen molar-refractivity contribution in [2.24, 2.45) is 4.99 Å². The highest BCUT2D eigenvalue weighted by Crippen LogP contribution is 2.17. The SMILES string of the molecule is CCOC(=O)/C(C#N)=C1/C=CN(C2CCCCN2)C=N1. The second-order valence-corrected chi connectivity index (χ2v) is 4.57. The average molecular weight is 274 g/mol. The monoisotopic (exact) mass is 274 g/mol. The molecule has 20 heavy (non-hydrogen) atoms. The van der Waals surface area contributed by atoms with Gasteiger partial charge in [0.05, 0.1) is 24.8 Å². The number of carbonyl (C=O) groups excluding carboxylic acids is 1. The fourth-order valence-electron chi connectivity index (χ4n) is 2.20. The van der Waals surface area contributed by atoms with E-state index in [4.69, 9.17) is 10.00 Å². The maximum atomic E-state index is 11.6. The fraction of sp³-hybridized carbons (Fsp3) is 0.500. The van der Waals surface area contributed by atoms with E-state index in [9.17, 15) is 4.79 Å². The first-order valence-corrected chi connectivity index (χ1v) is 6.81. The van der Waals surface area contributed by atoms with Crippen molar-refractivity contribution in [3.05, 3.63) is 23.5 Å². The van der Waals surface area contributed by atoms with Gasteiger partial charge in [-0.05, 0) is 38.8 Å². The van der Waals surface area contributed by atoms with Crippen LogP contribution in [-0.2, 0) is 9.53 Å². The Morgan fingerprint density at radius 2 is 2.50 bits per heavy atom. The lowest BCUT2D eigenvalue weighted by Crippen LogP contribution is -2.45. The van der Waals surface area contributed by atoms with Gasteiger partial charge in [-0.2, -0.15) is 5.26 Å². The van der Waals surface area contributed by atoms with Crippen LogP contribution in [0.15, 0.2) is 28.5 Å². The predicted molar refractivity (Wildman–Crippen MR) is 74.4 cm³/mol. The molecule has 1 saturated heterocycles. The minimum atomic E-state index is -0.629. The van der Waals surface area contributed by atoms with Gasteiger partial charge in [0, 0.05) is 6.20 Å². The number of rotatable bonds is 3.